The summed E-state index contributed by atoms with van der Waals surface area (Å²) < 4.78 is 16.7. The summed E-state index contributed by atoms with van der Waals surface area (Å²) in [6.07, 6.45) is 2.89. The maximum atomic E-state index is 8.45. The van der Waals surface area contributed by atoms with E-state index < -0.39 is 0 Å². The Morgan fingerprint density at radius 1 is 1.50 bits per heavy atom. The number of aromatic nitrogens is 1. The zero-order valence-corrected chi connectivity index (χ0v) is 12.8. The smallest absolute Gasteiger partial charge is 0.156 e. The number of pyridine rings is 1. The predicted octanol–water partition coefficient (Wildman–Crippen LogP) is 2.85. The zero-order chi connectivity index (χ0) is 16.1. The number of hydrogen-bond acceptors (Lipinski definition) is 4. The van der Waals surface area contributed by atoms with E-state index in [4.69, 9.17) is 14.3 Å². The van der Waals surface area contributed by atoms with E-state index in [1.165, 1.54) is 0 Å². The summed E-state index contributed by atoms with van der Waals surface area (Å²) in [7, 11) is 1.78. The van der Waals surface area contributed by atoms with Crippen LogP contribution in [-0.4, -0.2) is 31.2 Å². The van der Waals surface area contributed by atoms with E-state index in [0.29, 0.717) is 10.8 Å². The molecular weight excluding hydrogens is 272 g/mol. The number of halogens is 1. The van der Waals surface area contributed by atoms with Crippen LogP contribution in [0.3, 0.4) is 0 Å². The topological polar surface area (TPSA) is 31.4 Å². The molecule has 0 bridgehead atoms. The molecule has 0 radical (unpaired) electrons. The van der Waals surface area contributed by atoms with Crippen LogP contribution in [-0.2, 0) is 0 Å². The molecule has 0 aliphatic carbocycles. The SMILES string of the molecule is [2H]C1=C([2H])N(C2CCNCC2(C)C)c2ncc(Cl)cc2N1C. The van der Waals surface area contributed by atoms with Crippen LogP contribution < -0.4 is 15.1 Å². The third kappa shape index (κ3) is 2.27. The van der Waals surface area contributed by atoms with Gasteiger partial charge in [0.1, 0.15) is 0 Å². The first-order valence-corrected chi connectivity index (χ1v) is 7.27. The normalized spacial score (nSPS) is 27.1. The van der Waals surface area contributed by atoms with Crippen molar-refractivity contribution >= 4 is 23.1 Å². The molecule has 0 saturated carbocycles. The number of hydrogen-bond donors (Lipinski definition) is 1. The molecule has 1 unspecified atom stereocenters. The van der Waals surface area contributed by atoms with Gasteiger partial charge in [-0.05, 0) is 24.4 Å². The van der Waals surface area contributed by atoms with Gasteiger partial charge in [0, 0.05) is 38.2 Å². The number of anilines is 2. The summed E-state index contributed by atoms with van der Waals surface area (Å²) in [5.74, 6) is 0.716. The lowest BCUT2D eigenvalue weighted by atomic mass is 9.79. The second-order valence-electron chi connectivity index (χ2n) is 6.12. The average Bonchev–Trinajstić information content (AvgIpc) is 2.47. The van der Waals surface area contributed by atoms with Crippen LogP contribution in [0.4, 0.5) is 11.5 Å². The van der Waals surface area contributed by atoms with Gasteiger partial charge in [-0.25, -0.2) is 4.98 Å². The number of nitrogens with one attached hydrogen (secondary N) is 1. The highest BCUT2D eigenvalue weighted by atomic mass is 35.5. The van der Waals surface area contributed by atoms with E-state index in [1.807, 2.05) is 11.0 Å². The molecule has 0 aromatic carbocycles. The molecule has 5 heteroatoms. The number of nitrogens with zero attached hydrogens (tertiary/aromatic N) is 3. The van der Waals surface area contributed by atoms with Crippen molar-refractivity contribution in [2.45, 2.75) is 26.3 Å². The van der Waals surface area contributed by atoms with Gasteiger partial charge >= 0.3 is 0 Å². The van der Waals surface area contributed by atoms with Crippen molar-refractivity contribution in [1.29, 1.82) is 0 Å². The van der Waals surface area contributed by atoms with Gasteiger partial charge in [-0.1, -0.05) is 25.4 Å². The fourth-order valence-electron chi connectivity index (χ4n) is 2.96. The fraction of sp³-hybridized carbons (Fsp3) is 0.533. The second-order valence-corrected chi connectivity index (χ2v) is 6.56. The van der Waals surface area contributed by atoms with Crippen molar-refractivity contribution in [2.75, 3.05) is 29.9 Å². The lowest BCUT2D eigenvalue weighted by molar-refractivity contribution is 0.218. The van der Waals surface area contributed by atoms with E-state index in [1.54, 1.807) is 18.1 Å². The van der Waals surface area contributed by atoms with Crippen LogP contribution >= 0.6 is 11.6 Å². The minimum Gasteiger partial charge on any atom is -0.347 e. The Morgan fingerprint density at radius 2 is 2.30 bits per heavy atom. The zero-order valence-electron chi connectivity index (χ0n) is 14.1. The minimum atomic E-state index is -0.0146. The van der Waals surface area contributed by atoms with Gasteiger partial charge in [-0.3, -0.25) is 0 Å². The van der Waals surface area contributed by atoms with E-state index >= 15 is 0 Å². The van der Waals surface area contributed by atoms with Gasteiger partial charge in [0.25, 0.3) is 0 Å². The molecule has 1 aromatic rings. The van der Waals surface area contributed by atoms with Crippen molar-refractivity contribution in [3.8, 4) is 0 Å². The van der Waals surface area contributed by atoms with Gasteiger partial charge in [0.15, 0.2) is 5.82 Å². The molecule has 3 rings (SSSR count). The molecule has 20 heavy (non-hydrogen) atoms. The lowest BCUT2D eigenvalue weighted by Crippen LogP contribution is -2.54. The summed E-state index contributed by atoms with van der Waals surface area (Å²) >= 11 is 6.07. The summed E-state index contributed by atoms with van der Waals surface area (Å²) in [6, 6.07) is 1.94. The van der Waals surface area contributed by atoms with Crippen LogP contribution in [0.1, 0.15) is 23.0 Å². The van der Waals surface area contributed by atoms with E-state index in [2.05, 4.69) is 24.1 Å². The third-order valence-corrected chi connectivity index (χ3v) is 4.34. The molecule has 0 amide bonds. The lowest BCUT2D eigenvalue weighted by Gasteiger charge is -2.46. The van der Waals surface area contributed by atoms with Gasteiger partial charge in [0.05, 0.1) is 13.5 Å². The first kappa shape index (κ1) is 11.4. The number of fused-ring (bicyclic) bond motifs is 1. The summed E-state index contributed by atoms with van der Waals surface area (Å²) in [6.45, 7) is 6.17. The Hall–Kier alpha value is -1.26. The van der Waals surface area contributed by atoms with Crippen LogP contribution in [0.15, 0.2) is 24.6 Å². The van der Waals surface area contributed by atoms with Crippen molar-refractivity contribution in [2.24, 2.45) is 5.41 Å². The highest BCUT2D eigenvalue weighted by Crippen LogP contribution is 2.39. The van der Waals surface area contributed by atoms with Gasteiger partial charge < -0.3 is 15.1 Å². The second kappa shape index (κ2) is 4.93. The quantitative estimate of drug-likeness (QED) is 0.863. The number of piperidine rings is 1. The first-order chi connectivity index (χ1) is 10.3. The summed E-state index contributed by atoms with van der Waals surface area (Å²) in [5, 5.41) is 3.95. The van der Waals surface area contributed by atoms with E-state index in [9.17, 15) is 0 Å². The molecule has 1 atom stereocenters. The monoisotopic (exact) mass is 294 g/mol. The maximum absolute atomic E-state index is 8.45. The average molecular weight is 295 g/mol. The Kier molecular flexibility index (Phi) is 2.81. The molecule has 2 aliphatic rings. The molecule has 1 aromatic heterocycles. The molecule has 1 fully saturated rings. The molecule has 2 aliphatic heterocycles. The van der Waals surface area contributed by atoms with Crippen LogP contribution in [0.5, 0.6) is 0 Å². The van der Waals surface area contributed by atoms with E-state index in [-0.39, 0.29) is 23.8 Å². The molecule has 4 nitrogen and oxygen atoms in total. The summed E-state index contributed by atoms with van der Waals surface area (Å²) in [4.78, 5) is 8.05. The van der Waals surface area contributed by atoms with Crippen molar-refractivity contribution in [3.63, 3.8) is 0 Å². The molecule has 0 spiro atoms. The Morgan fingerprint density at radius 3 is 3.05 bits per heavy atom. The third-order valence-electron chi connectivity index (χ3n) is 4.13. The molecule has 1 saturated heterocycles. The van der Waals surface area contributed by atoms with Gasteiger partial charge in [0.2, 0.25) is 0 Å². The number of rotatable bonds is 1. The van der Waals surface area contributed by atoms with E-state index in [0.717, 1.165) is 25.2 Å². The maximum Gasteiger partial charge on any atom is 0.156 e. The standard InChI is InChI=1S/C15H21ClN4/c1-15(2)10-17-5-4-13(15)20-7-6-19(3)12-8-11(16)9-18-14(12)20/h6-9,13,17H,4-5,10H2,1-3H3/i6D,7D. The highest BCUT2D eigenvalue weighted by Gasteiger charge is 2.38. The highest BCUT2D eigenvalue weighted by molar-refractivity contribution is 6.30. The predicted molar refractivity (Wildman–Crippen MR) is 84.3 cm³/mol. The van der Waals surface area contributed by atoms with Crippen LogP contribution in [0, 0.1) is 5.41 Å². The van der Waals surface area contributed by atoms with Gasteiger partial charge in [-0.2, -0.15) is 0 Å². The largest absolute Gasteiger partial charge is 0.347 e. The Bertz CT molecular complexity index is 632. The molecule has 108 valence electrons. The van der Waals surface area contributed by atoms with Gasteiger partial charge in [-0.15, -0.1) is 0 Å². The van der Waals surface area contributed by atoms with Crippen LogP contribution in [0.25, 0.3) is 0 Å². The summed E-state index contributed by atoms with van der Waals surface area (Å²) in [5.41, 5.74) is 0.766. The molecule has 3 heterocycles. The Balaban J connectivity index is 2.13. The van der Waals surface area contributed by atoms with Crippen molar-refractivity contribution in [1.82, 2.24) is 10.3 Å². The van der Waals surface area contributed by atoms with Crippen molar-refractivity contribution < 1.29 is 2.74 Å². The minimum absolute atomic E-state index is 0.0146. The van der Waals surface area contributed by atoms with Crippen LogP contribution in [0.2, 0.25) is 5.02 Å². The molecular formula is C15H21ClN4. The van der Waals surface area contributed by atoms with Crippen molar-refractivity contribution in [3.05, 3.63) is 29.6 Å². The first-order valence-electron chi connectivity index (χ1n) is 7.89. The molecule has 1 N–H and O–H groups in total. The fourth-order valence-corrected chi connectivity index (χ4v) is 3.11. The Labute approximate surface area is 128 Å².